The number of nitro groups is 2. The lowest BCUT2D eigenvalue weighted by atomic mass is 10.2. The van der Waals surface area contributed by atoms with Crippen LogP contribution >= 0.6 is 0 Å². The molecule has 1 aromatic heterocycles. The van der Waals surface area contributed by atoms with Crippen molar-refractivity contribution in [3.05, 3.63) is 90.0 Å². The number of H-pyrrole nitrogens is 1. The number of nitrogens with one attached hydrogen (secondary N) is 1. The zero-order valence-corrected chi connectivity index (χ0v) is 16.5. The van der Waals surface area contributed by atoms with E-state index in [1.807, 2.05) is 0 Å². The molecule has 2 aromatic carbocycles. The molecule has 164 valence electrons. The first-order valence-corrected chi connectivity index (χ1v) is 8.98. The van der Waals surface area contributed by atoms with Gasteiger partial charge in [0.15, 0.2) is 11.5 Å². The summed E-state index contributed by atoms with van der Waals surface area (Å²) in [5.41, 5.74) is -0.757. The highest BCUT2D eigenvalue weighted by atomic mass is 16.6. The van der Waals surface area contributed by atoms with Gasteiger partial charge in [-0.25, -0.2) is 0 Å². The van der Waals surface area contributed by atoms with Gasteiger partial charge in [-0.3, -0.25) is 25.0 Å². The van der Waals surface area contributed by atoms with Gasteiger partial charge in [0.2, 0.25) is 0 Å². The largest absolute Gasteiger partial charge is 0.493 e. The minimum absolute atomic E-state index is 0.0142. The van der Waals surface area contributed by atoms with Crippen molar-refractivity contribution in [1.82, 2.24) is 9.97 Å². The normalized spacial score (nSPS) is 10.8. The molecule has 0 atom stereocenters. The molecule has 12 heteroatoms. The summed E-state index contributed by atoms with van der Waals surface area (Å²) in [6.07, 6.45) is 2.91. The van der Waals surface area contributed by atoms with Gasteiger partial charge in [0.1, 0.15) is 12.4 Å². The number of methoxy groups -OCH3 is 1. The summed E-state index contributed by atoms with van der Waals surface area (Å²) in [7, 11) is 1.45. The van der Waals surface area contributed by atoms with Gasteiger partial charge >= 0.3 is 11.2 Å². The van der Waals surface area contributed by atoms with Crippen molar-refractivity contribution < 1.29 is 24.4 Å². The smallest absolute Gasteiger partial charge is 0.395 e. The SMILES string of the molecule is COc1cc(/C=C\c2nc(O)c([N+](=O)[O-])c(=O)[nH]2)ccc1OCc1ccc([N+](=O)[O-])cc1. The van der Waals surface area contributed by atoms with Crippen LogP contribution in [0.4, 0.5) is 11.4 Å². The Morgan fingerprint density at radius 1 is 1.06 bits per heavy atom. The quantitative estimate of drug-likeness (QED) is 0.394. The van der Waals surface area contributed by atoms with Crippen LogP contribution in [0.1, 0.15) is 17.0 Å². The number of non-ortho nitro benzene ring substituents is 1. The number of hydrogen-bond acceptors (Lipinski definition) is 9. The van der Waals surface area contributed by atoms with E-state index in [9.17, 15) is 30.1 Å². The van der Waals surface area contributed by atoms with Crippen LogP contribution in [-0.2, 0) is 6.61 Å². The second-order valence-electron chi connectivity index (χ2n) is 6.34. The van der Waals surface area contributed by atoms with Gasteiger partial charge in [0.05, 0.1) is 17.0 Å². The first kappa shape index (κ1) is 22.0. The molecule has 0 saturated heterocycles. The van der Waals surface area contributed by atoms with Crippen LogP contribution in [0.5, 0.6) is 17.4 Å². The number of rotatable bonds is 8. The third-order valence-electron chi connectivity index (χ3n) is 4.24. The Labute approximate surface area is 179 Å². The number of aromatic nitrogens is 2. The minimum Gasteiger partial charge on any atom is -0.493 e. The van der Waals surface area contributed by atoms with E-state index < -0.39 is 27.0 Å². The van der Waals surface area contributed by atoms with Gasteiger partial charge in [0.25, 0.3) is 11.6 Å². The van der Waals surface area contributed by atoms with Crippen LogP contribution in [-0.4, -0.2) is 32.0 Å². The fourth-order valence-electron chi connectivity index (χ4n) is 2.67. The molecule has 2 N–H and O–H groups in total. The fourth-order valence-corrected chi connectivity index (χ4v) is 2.67. The van der Waals surface area contributed by atoms with E-state index in [2.05, 4.69) is 9.97 Å². The first-order chi connectivity index (χ1) is 15.3. The van der Waals surface area contributed by atoms with Crippen LogP contribution in [0.25, 0.3) is 12.2 Å². The summed E-state index contributed by atoms with van der Waals surface area (Å²) >= 11 is 0. The number of ether oxygens (including phenoxy) is 2. The molecule has 0 radical (unpaired) electrons. The fraction of sp³-hybridized carbons (Fsp3) is 0.100. The average molecular weight is 440 g/mol. The molecule has 1 heterocycles. The predicted octanol–water partition coefficient (Wildman–Crippen LogP) is 3.05. The maximum Gasteiger partial charge on any atom is 0.395 e. The monoisotopic (exact) mass is 440 g/mol. The molecule has 0 saturated carbocycles. The highest BCUT2D eigenvalue weighted by Crippen LogP contribution is 2.30. The van der Waals surface area contributed by atoms with Crippen LogP contribution in [0.2, 0.25) is 0 Å². The summed E-state index contributed by atoms with van der Waals surface area (Å²) in [4.78, 5) is 37.4. The molecule has 3 rings (SSSR count). The first-order valence-electron chi connectivity index (χ1n) is 8.98. The Morgan fingerprint density at radius 3 is 2.38 bits per heavy atom. The highest BCUT2D eigenvalue weighted by Gasteiger charge is 2.21. The standard InChI is InChI=1S/C20H16N4O8/c1-31-16-10-12(5-9-17-21-19(25)18(24(29)30)20(26)22-17)4-8-15(16)32-11-13-2-6-14(7-3-13)23(27)28/h2-10H,11H2,1H3,(H2,21,22,25,26)/b9-5-. The number of hydrogen-bond donors (Lipinski definition) is 2. The summed E-state index contributed by atoms with van der Waals surface area (Å²) < 4.78 is 11.0. The summed E-state index contributed by atoms with van der Waals surface area (Å²) in [5, 5.41) is 31.0. The highest BCUT2D eigenvalue weighted by molar-refractivity contribution is 5.68. The molecule has 0 fully saturated rings. The molecule has 0 unspecified atom stereocenters. The number of aromatic hydroxyl groups is 1. The molecule has 0 aliphatic rings. The third-order valence-corrected chi connectivity index (χ3v) is 4.24. The van der Waals surface area contributed by atoms with Gasteiger partial charge in [-0.05, 0) is 41.5 Å². The van der Waals surface area contributed by atoms with Gasteiger partial charge in [-0.15, -0.1) is 0 Å². The Bertz CT molecular complexity index is 1250. The van der Waals surface area contributed by atoms with Crippen molar-refractivity contribution in [2.75, 3.05) is 7.11 Å². The molecule has 0 aliphatic carbocycles. The topological polar surface area (TPSA) is 171 Å². The van der Waals surface area contributed by atoms with E-state index in [0.29, 0.717) is 17.1 Å². The third kappa shape index (κ3) is 5.05. The van der Waals surface area contributed by atoms with E-state index in [0.717, 1.165) is 5.56 Å². The molecule has 0 amide bonds. The Hall–Kier alpha value is -4.74. The summed E-state index contributed by atoms with van der Waals surface area (Å²) in [6, 6.07) is 10.9. The molecule has 32 heavy (non-hydrogen) atoms. The molecule has 0 bridgehead atoms. The van der Waals surface area contributed by atoms with Gasteiger partial charge in [0, 0.05) is 12.1 Å². The van der Waals surface area contributed by atoms with E-state index >= 15 is 0 Å². The van der Waals surface area contributed by atoms with Crippen LogP contribution in [0.3, 0.4) is 0 Å². The Kier molecular flexibility index (Phi) is 6.44. The lowest BCUT2D eigenvalue weighted by Gasteiger charge is -2.11. The molecular weight excluding hydrogens is 424 g/mol. The van der Waals surface area contributed by atoms with Gasteiger partial charge in [-0.2, -0.15) is 4.98 Å². The summed E-state index contributed by atoms with van der Waals surface area (Å²) in [6.45, 7) is 0.163. The van der Waals surface area contributed by atoms with Crippen LogP contribution in [0.15, 0.2) is 47.3 Å². The maximum absolute atomic E-state index is 11.7. The lowest BCUT2D eigenvalue weighted by molar-refractivity contribution is -0.387. The number of nitrogens with zero attached hydrogens (tertiary/aromatic N) is 3. The molecular formula is C20H16N4O8. The van der Waals surface area contributed by atoms with E-state index in [1.165, 1.54) is 25.3 Å². The second kappa shape index (κ2) is 9.38. The van der Waals surface area contributed by atoms with Crippen molar-refractivity contribution in [1.29, 1.82) is 0 Å². The van der Waals surface area contributed by atoms with E-state index in [4.69, 9.17) is 9.47 Å². The number of aromatic amines is 1. The van der Waals surface area contributed by atoms with Crippen molar-refractivity contribution in [2.24, 2.45) is 0 Å². The van der Waals surface area contributed by atoms with Crippen LogP contribution < -0.4 is 15.0 Å². The average Bonchev–Trinajstić information content (AvgIpc) is 2.76. The zero-order chi connectivity index (χ0) is 23.3. The minimum atomic E-state index is -1.07. The van der Waals surface area contributed by atoms with Gasteiger partial charge in [-0.1, -0.05) is 12.1 Å². The molecule has 0 spiro atoms. The number of benzene rings is 2. The zero-order valence-electron chi connectivity index (χ0n) is 16.5. The predicted molar refractivity (Wildman–Crippen MR) is 113 cm³/mol. The van der Waals surface area contributed by atoms with E-state index in [-0.39, 0.29) is 18.1 Å². The maximum atomic E-state index is 11.7. The van der Waals surface area contributed by atoms with Crippen molar-refractivity contribution in [3.8, 4) is 17.4 Å². The molecule has 12 nitrogen and oxygen atoms in total. The molecule has 0 aliphatic heterocycles. The Balaban J connectivity index is 1.74. The lowest BCUT2D eigenvalue weighted by Crippen LogP contribution is -2.14. The van der Waals surface area contributed by atoms with Crippen LogP contribution in [0, 0.1) is 20.2 Å². The van der Waals surface area contributed by atoms with Crippen molar-refractivity contribution in [3.63, 3.8) is 0 Å². The van der Waals surface area contributed by atoms with E-state index in [1.54, 1.807) is 36.4 Å². The summed E-state index contributed by atoms with van der Waals surface area (Å²) in [5.74, 6) is -0.217. The number of nitro benzene ring substituents is 1. The Morgan fingerprint density at radius 2 is 1.78 bits per heavy atom. The second-order valence-corrected chi connectivity index (χ2v) is 6.34. The van der Waals surface area contributed by atoms with Crippen molar-refractivity contribution >= 4 is 23.5 Å². The molecule has 3 aromatic rings. The van der Waals surface area contributed by atoms with Gasteiger partial charge < -0.3 is 19.6 Å². The van der Waals surface area contributed by atoms with Crippen molar-refractivity contribution in [2.45, 2.75) is 6.61 Å².